The van der Waals surface area contributed by atoms with Crippen LogP contribution in [0.15, 0.2) is 12.1 Å². The molecule has 0 radical (unpaired) electrons. The van der Waals surface area contributed by atoms with Crippen LogP contribution in [0.5, 0.6) is 5.75 Å². The van der Waals surface area contributed by atoms with Gasteiger partial charge < -0.3 is 10.1 Å². The van der Waals surface area contributed by atoms with Gasteiger partial charge in [0.25, 0.3) is 0 Å². The highest BCUT2D eigenvalue weighted by Crippen LogP contribution is 2.35. The maximum atomic E-state index is 12.9. The van der Waals surface area contributed by atoms with Gasteiger partial charge in [-0.25, -0.2) is 0 Å². The number of rotatable bonds is 5. The largest absolute Gasteiger partial charge is 0.493 e. The van der Waals surface area contributed by atoms with Crippen LogP contribution in [0.1, 0.15) is 43.7 Å². The van der Waals surface area contributed by atoms with E-state index in [1.54, 1.807) is 0 Å². The zero-order valence-corrected chi connectivity index (χ0v) is 13.3. The molecule has 114 valence electrons. The van der Waals surface area contributed by atoms with Gasteiger partial charge in [-0.15, -0.1) is 0 Å². The van der Waals surface area contributed by atoms with E-state index in [1.165, 1.54) is 0 Å². The molecule has 2 aliphatic heterocycles. The second-order valence-corrected chi connectivity index (χ2v) is 6.55. The van der Waals surface area contributed by atoms with Gasteiger partial charge in [0.1, 0.15) is 5.75 Å². The highest BCUT2D eigenvalue weighted by atomic mass is 35.5. The average Bonchev–Trinajstić information content (AvgIpc) is 3.08. The molecule has 2 aliphatic rings. The predicted molar refractivity (Wildman–Crippen MR) is 84.2 cm³/mol. The van der Waals surface area contributed by atoms with E-state index in [0.717, 1.165) is 55.5 Å². The number of benzene rings is 1. The molecule has 0 amide bonds. The first-order valence-electron chi connectivity index (χ1n) is 7.87. The molecule has 21 heavy (non-hydrogen) atoms. The van der Waals surface area contributed by atoms with Crippen LogP contribution in [0.3, 0.4) is 0 Å². The van der Waals surface area contributed by atoms with Crippen molar-refractivity contribution in [2.45, 2.75) is 51.0 Å². The second-order valence-electron chi connectivity index (χ2n) is 6.11. The quantitative estimate of drug-likeness (QED) is 0.907. The first kappa shape index (κ1) is 14.9. The van der Waals surface area contributed by atoms with Crippen LogP contribution in [0, 0.1) is 0 Å². The Balaban J connectivity index is 1.85. The summed E-state index contributed by atoms with van der Waals surface area (Å²) < 4.78 is 5.71. The molecule has 3 nitrogen and oxygen atoms in total. The number of carbonyl (C=O) groups excluding carboxylic acids is 1. The molecule has 1 atom stereocenters. The topological polar surface area (TPSA) is 38.3 Å². The molecule has 1 N–H and O–H groups in total. The molecule has 2 heterocycles. The minimum absolute atomic E-state index is 0.279. The molecular weight excluding hydrogens is 286 g/mol. The molecule has 1 unspecified atom stereocenters. The van der Waals surface area contributed by atoms with Crippen LogP contribution in [0.2, 0.25) is 5.02 Å². The van der Waals surface area contributed by atoms with Crippen LogP contribution in [-0.2, 0) is 17.6 Å². The Bertz CT molecular complexity index is 550. The Morgan fingerprint density at radius 2 is 2.33 bits per heavy atom. The summed E-state index contributed by atoms with van der Waals surface area (Å²) in [7, 11) is 0. The summed E-state index contributed by atoms with van der Waals surface area (Å²) in [4.78, 5) is 12.9. The Morgan fingerprint density at radius 3 is 3.05 bits per heavy atom. The zero-order chi connectivity index (χ0) is 14.9. The van der Waals surface area contributed by atoms with Gasteiger partial charge >= 0.3 is 0 Å². The molecule has 1 aromatic carbocycles. The van der Waals surface area contributed by atoms with Crippen molar-refractivity contribution in [3.05, 3.63) is 28.3 Å². The van der Waals surface area contributed by atoms with Crippen molar-refractivity contribution >= 4 is 17.4 Å². The van der Waals surface area contributed by atoms with Crippen molar-refractivity contribution in [1.82, 2.24) is 5.32 Å². The molecule has 0 spiro atoms. The molecule has 1 aromatic rings. The molecule has 0 aromatic heterocycles. The van der Waals surface area contributed by atoms with E-state index in [4.69, 9.17) is 16.3 Å². The number of hydrogen-bond donors (Lipinski definition) is 1. The van der Waals surface area contributed by atoms with Crippen LogP contribution in [0.25, 0.3) is 0 Å². The molecular formula is C17H22ClNO2. The highest BCUT2D eigenvalue weighted by molar-refractivity contribution is 6.30. The molecule has 3 rings (SSSR count). The van der Waals surface area contributed by atoms with Gasteiger partial charge in [-0.2, -0.15) is 0 Å². The number of ketones is 1. The van der Waals surface area contributed by atoms with Gasteiger partial charge in [0.2, 0.25) is 0 Å². The van der Waals surface area contributed by atoms with E-state index in [2.05, 4.69) is 12.2 Å². The molecule has 4 heteroatoms. The summed E-state index contributed by atoms with van der Waals surface area (Å²) in [6.45, 7) is 3.76. The van der Waals surface area contributed by atoms with E-state index in [-0.39, 0.29) is 11.3 Å². The second kappa shape index (κ2) is 5.98. The Kier molecular flexibility index (Phi) is 4.23. The van der Waals surface area contributed by atoms with Crippen molar-refractivity contribution in [2.24, 2.45) is 0 Å². The maximum absolute atomic E-state index is 12.9. The van der Waals surface area contributed by atoms with Crippen LogP contribution >= 0.6 is 11.6 Å². The number of carbonyl (C=O) groups is 1. The fourth-order valence-electron chi connectivity index (χ4n) is 3.64. The summed E-state index contributed by atoms with van der Waals surface area (Å²) >= 11 is 6.19. The number of Topliss-reactive ketones (excluding diaryl/α,β-unsaturated/α-hetero) is 1. The third-order valence-corrected chi connectivity index (χ3v) is 4.85. The number of ether oxygens (including phenoxy) is 1. The van der Waals surface area contributed by atoms with Crippen LogP contribution in [-0.4, -0.2) is 24.5 Å². The molecule has 0 bridgehead atoms. The zero-order valence-electron chi connectivity index (χ0n) is 12.5. The normalized spacial score (nSPS) is 23.9. The van der Waals surface area contributed by atoms with Gasteiger partial charge in [-0.05, 0) is 43.5 Å². The minimum Gasteiger partial charge on any atom is -0.493 e. The molecule has 0 aliphatic carbocycles. The third kappa shape index (κ3) is 2.82. The van der Waals surface area contributed by atoms with Crippen LogP contribution in [0.4, 0.5) is 0 Å². The maximum Gasteiger partial charge on any atom is 0.157 e. The summed E-state index contributed by atoms with van der Waals surface area (Å²) in [5.41, 5.74) is 1.75. The predicted octanol–water partition coefficient (Wildman–Crippen LogP) is 3.31. The lowest BCUT2D eigenvalue weighted by Crippen LogP contribution is -2.48. The number of halogens is 1. The van der Waals surface area contributed by atoms with Gasteiger partial charge in [-0.1, -0.05) is 24.9 Å². The van der Waals surface area contributed by atoms with E-state index in [1.807, 2.05) is 12.1 Å². The number of hydrogen-bond acceptors (Lipinski definition) is 3. The van der Waals surface area contributed by atoms with Gasteiger partial charge in [0.05, 0.1) is 12.1 Å². The summed E-state index contributed by atoms with van der Waals surface area (Å²) in [6.07, 6.45) is 5.25. The lowest BCUT2D eigenvalue weighted by Gasteiger charge is -2.28. The minimum atomic E-state index is -0.331. The summed E-state index contributed by atoms with van der Waals surface area (Å²) in [6, 6.07) is 3.84. The van der Waals surface area contributed by atoms with Gasteiger partial charge in [0.15, 0.2) is 5.78 Å². The van der Waals surface area contributed by atoms with Crippen LogP contribution < -0.4 is 10.1 Å². The first-order chi connectivity index (χ1) is 10.1. The smallest absolute Gasteiger partial charge is 0.157 e. The molecule has 1 saturated heterocycles. The summed E-state index contributed by atoms with van der Waals surface area (Å²) in [5.74, 6) is 1.17. The average molecular weight is 308 g/mol. The van der Waals surface area contributed by atoms with Crippen molar-refractivity contribution in [2.75, 3.05) is 13.2 Å². The monoisotopic (exact) mass is 307 g/mol. The Morgan fingerprint density at radius 1 is 1.48 bits per heavy atom. The lowest BCUT2D eigenvalue weighted by atomic mass is 9.84. The first-order valence-corrected chi connectivity index (χ1v) is 8.25. The van der Waals surface area contributed by atoms with Gasteiger partial charge in [0, 0.05) is 23.4 Å². The SMILES string of the molecule is CCCC1(C(=O)Cc2cc(Cl)cc3c2OCC3)CCCN1. The Labute approximate surface area is 131 Å². The number of nitrogens with one attached hydrogen (secondary N) is 1. The standard InChI is InChI=1S/C17H22ClNO2/c1-2-5-17(6-3-7-19-17)15(20)11-13-10-14(18)9-12-4-8-21-16(12)13/h9-10,19H,2-8,11H2,1H3. The van der Waals surface area contributed by atoms with Crippen molar-refractivity contribution < 1.29 is 9.53 Å². The Hall–Kier alpha value is -1.06. The molecule has 0 saturated carbocycles. The fourth-order valence-corrected chi connectivity index (χ4v) is 3.91. The van der Waals surface area contributed by atoms with Gasteiger partial charge in [-0.3, -0.25) is 4.79 Å². The third-order valence-electron chi connectivity index (χ3n) is 4.63. The number of fused-ring (bicyclic) bond motifs is 1. The fraction of sp³-hybridized carbons (Fsp3) is 0.588. The van der Waals surface area contributed by atoms with Crippen molar-refractivity contribution in [3.8, 4) is 5.75 Å². The van der Waals surface area contributed by atoms with E-state index < -0.39 is 0 Å². The van der Waals surface area contributed by atoms with Crippen molar-refractivity contribution in [3.63, 3.8) is 0 Å². The van der Waals surface area contributed by atoms with E-state index in [9.17, 15) is 4.79 Å². The van der Waals surface area contributed by atoms with Crippen molar-refractivity contribution in [1.29, 1.82) is 0 Å². The lowest BCUT2D eigenvalue weighted by molar-refractivity contribution is -0.124. The van der Waals surface area contributed by atoms with E-state index in [0.29, 0.717) is 18.1 Å². The molecule has 1 fully saturated rings. The highest BCUT2D eigenvalue weighted by Gasteiger charge is 2.39. The van der Waals surface area contributed by atoms with E-state index >= 15 is 0 Å². The summed E-state index contributed by atoms with van der Waals surface area (Å²) in [5, 5.41) is 4.15.